The van der Waals surface area contributed by atoms with Gasteiger partial charge in [-0.25, -0.2) is 4.98 Å². The second-order valence-electron chi connectivity index (χ2n) is 15.3. The van der Waals surface area contributed by atoms with E-state index < -0.39 is 0 Å². The zero-order valence-electron chi connectivity index (χ0n) is 32.6. The van der Waals surface area contributed by atoms with Crippen LogP contribution >= 0.6 is 0 Å². The summed E-state index contributed by atoms with van der Waals surface area (Å²) in [6.07, 6.45) is 0. The number of hydrogen-bond donors (Lipinski definition) is 0. The van der Waals surface area contributed by atoms with Crippen LogP contribution in [-0.2, 0) is 0 Å². The molecule has 3 aromatic heterocycles. The van der Waals surface area contributed by atoms with Crippen LogP contribution in [0.4, 0.5) is 17.1 Å². The summed E-state index contributed by atoms with van der Waals surface area (Å²) in [5.74, 6) is 0.875. The number of rotatable bonds is 7. The first-order valence-electron chi connectivity index (χ1n) is 20.4. The van der Waals surface area contributed by atoms with Crippen LogP contribution in [0.2, 0.25) is 0 Å². The van der Waals surface area contributed by atoms with Crippen molar-refractivity contribution < 1.29 is 0 Å². The van der Waals surface area contributed by atoms with Gasteiger partial charge in [-0.2, -0.15) is 0 Å². The SMILES string of the molecule is c1ccc(-c2ccc(N(c3ccc4c(c3)n3c5ccccc5nc3n4-c3ccc(-c4ccccc4)cc3)c3ccccc3-n3c4ccccc4c4ccccc43)cc2)cc1. The maximum absolute atomic E-state index is 5.25. The molecule has 0 unspecified atom stereocenters. The second-order valence-corrected chi connectivity index (χ2v) is 15.3. The molecule has 0 saturated carbocycles. The van der Waals surface area contributed by atoms with Gasteiger partial charge in [-0.3, -0.25) is 8.97 Å². The first kappa shape index (κ1) is 33.9. The Bertz CT molecular complexity index is 3470. The van der Waals surface area contributed by atoms with E-state index in [0.717, 1.165) is 56.3 Å². The first-order valence-corrected chi connectivity index (χ1v) is 20.4. The number of fused-ring (bicyclic) bond motifs is 8. The van der Waals surface area contributed by atoms with E-state index in [9.17, 15) is 0 Å². The standard InChI is InChI=1S/C55H37N5/c1-3-15-38(16-4-1)40-27-31-42(32-28-40)57(51-25-13-14-26-52(51)59-48-22-10-7-19-45(48)46-20-8-11-23-49(46)59)44-35-36-53-54(37-44)60-50-24-12-9-21-47(50)56-55(60)58(53)43-33-29-41(30-34-43)39-17-5-2-6-18-39/h1-37H. The van der Waals surface area contributed by atoms with Crippen molar-refractivity contribution in [2.24, 2.45) is 0 Å². The summed E-state index contributed by atoms with van der Waals surface area (Å²) in [4.78, 5) is 7.66. The number of para-hydroxylation sites is 6. The van der Waals surface area contributed by atoms with Crippen LogP contribution in [0.25, 0.3) is 83.3 Å². The second kappa shape index (κ2) is 13.8. The minimum atomic E-state index is 0.875. The molecule has 282 valence electrons. The quantitative estimate of drug-likeness (QED) is 0.162. The first-order chi connectivity index (χ1) is 29.8. The van der Waals surface area contributed by atoms with Crippen LogP contribution in [0.3, 0.4) is 0 Å². The molecule has 12 aromatic rings. The minimum Gasteiger partial charge on any atom is -0.308 e. The zero-order valence-corrected chi connectivity index (χ0v) is 32.6. The highest BCUT2D eigenvalue weighted by atomic mass is 15.2. The molecule has 0 fully saturated rings. The lowest BCUT2D eigenvalue weighted by molar-refractivity contribution is 1.11. The van der Waals surface area contributed by atoms with Crippen molar-refractivity contribution in [1.82, 2.24) is 18.5 Å². The summed E-state index contributed by atoms with van der Waals surface area (Å²) in [5.41, 5.74) is 16.6. The molecule has 0 aliphatic rings. The van der Waals surface area contributed by atoms with Gasteiger partial charge >= 0.3 is 0 Å². The summed E-state index contributed by atoms with van der Waals surface area (Å²) in [7, 11) is 0. The van der Waals surface area contributed by atoms with Crippen molar-refractivity contribution in [1.29, 1.82) is 0 Å². The fraction of sp³-hybridized carbons (Fsp3) is 0. The fourth-order valence-electron chi connectivity index (χ4n) is 9.10. The lowest BCUT2D eigenvalue weighted by atomic mass is 10.0. The van der Waals surface area contributed by atoms with E-state index in [-0.39, 0.29) is 0 Å². The normalized spacial score (nSPS) is 11.7. The van der Waals surface area contributed by atoms with Crippen molar-refractivity contribution in [2.75, 3.05) is 4.90 Å². The molecular weight excluding hydrogens is 731 g/mol. The van der Waals surface area contributed by atoms with Crippen LogP contribution in [0, 0.1) is 0 Å². The van der Waals surface area contributed by atoms with Gasteiger partial charge < -0.3 is 9.47 Å². The Balaban J connectivity index is 1.10. The minimum absolute atomic E-state index is 0.875. The molecule has 0 aliphatic heterocycles. The molecule has 0 atom stereocenters. The molecule has 0 saturated heterocycles. The smallest absolute Gasteiger partial charge is 0.220 e. The molecule has 0 N–H and O–H groups in total. The van der Waals surface area contributed by atoms with E-state index in [1.54, 1.807) is 0 Å². The maximum atomic E-state index is 5.25. The summed E-state index contributed by atoms with van der Waals surface area (Å²) >= 11 is 0. The topological polar surface area (TPSA) is 30.4 Å². The summed E-state index contributed by atoms with van der Waals surface area (Å²) < 4.78 is 7.02. The maximum Gasteiger partial charge on any atom is 0.220 e. The Morgan fingerprint density at radius 3 is 1.53 bits per heavy atom. The van der Waals surface area contributed by atoms with Gasteiger partial charge in [-0.15, -0.1) is 0 Å². The van der Waals surface area contributed by atoms with E-state index in [1.165, 1.54) is 44.1 Å². The van der Waals surface area contributed by atoms with E-state index in [1.807, 2.05) is 0 Å². The number of benzene rings is 9. The van der Waals surface area contributed by atoms with Crippen LogP contribution in [0.5, 0.6) is 0 Å². The number of nitrogens with zero attached hydrogens (tertiary/aromatic N) is 5. The number of hydrogen-bond acceptors (Lipinski definition) is 2. The van der Waals surface area contributed by atoms with Gasteiger partial charge in [0.05, 0.1) is 44.5 Å². The Morgan fingerprint density at radius 1 is 0.350 bits per heavy atom. The Hall–Kier alpha value is -8.15. The molecule has 9 aromatic carbocycles. The lowest BCUT2D eigenvalue weighted by Gasteiger charge is -2.28. The van der Waals surface area contributed by atoms with Crippen LogP contribution < -0.4 is 4.90 Å². The third-order valence-electron chi connectivity index (χ3n) is 11.9. The number of imidazole rings is 2. The van der Waals surface area contributed by atoms with E-state index in [2.05, 4.69) is 243 Å². The van der Waals surface area contributed by atoms with Crippen molar-refractivity contribution in [3.8, 4) is 33.6 Å². The molecule has 0 aliphatic carbocycles. The Kier molecular flexibility index (Phi) is 7.78. The number of aromatic nitrogens is 4. The van der Waals surface area contributed by atoms with E-state index >= 15 is 0 Å². The lowest BCUT2D eigenvalue weighted by Crippen LogP contribution is -2.13. The Morgan fingerprint density at radius 2 is 0.867 bits per heavy atom. The monoisotopic (exact) mass is 767 g/mol. The predicted molar refractivity (Wildman–Crippen MR) is 249 cm³/mol. The fourth-order valence-corrected chi connectivity index (χ4v) is 9.10. The van der Waals surface area contributed by atoms with Crippen molar-refractivity contribution in [3.63, 3.8) is 0 Å². The average molecular weight is 768 g/mol. The van der Waals surface area contributed by atoms with Crippen molar-refractivity contribution >= 4 is 66.7 Å². The Labute approximate surface area is 346 Å². The van der Waals surface area contributed by atoms with Crippen LogP contribution in [0.15, 0.2) is 224 Å². The van der Waals surface area contributed by atoms with Gasteiger partial charge in [0.25, 0.3) is 0 Å². The largest absolute Gasteiger partial charge is 0.308 e. The van der Waals surface area contributed by atoms with Gasteiger partial charge in [0.2, 0.25) is 5.78 Å². The number of anilines is 3. The van der Waals surface area contributed by atoms with Crippen molar-refractivity contribution in [3.05, 3.63) is 224 Å². The van der Waals surface area contributed by atoms with Crippen LogP contribution in [-0.4, -0.2) is 18.5 Å². The molecule has 5 nitrogen and oxygen atoms in total. The third kappa shape index (κ3) is 5.37. The van der Waals surface area contributed by atoms with E-state index in [0.29, 0.717) is 0 Å². The van der Waals surface area contributed by atoms with Gasteiger partial charge in [0, 0.05) is 27.8 Å². The van der Waals surface area contributed by atoms with Gasteiger partial charge in [0.1, 0.15) is 0 Å². The van der Waals surface area contributed by atoms with Gasteiger partial charge in [0.15, 0.2) is 0 Å². The highest BCUT2D eigenvalue weighted by Crippen LogP contribution is 2.43. The van der Waals surface area contributed by atoms with Crippen LogP contribution in [0.1, 0.15) is 0 Å². The molecule has 3 heterocycles. The molecule has 5 heteroatoms. The van der Waals surface area contributed by atoms with Gasteiger partial charge in [-0.05, 0) is 101 Å². The average Bonchev–Trinajstić information content (AvgIpc) is 3.97. The molecule has 0 spiro atoms. The van der Waals surface area contributed by atoms with Gasteiger partial charge in [-0.1, -0.05) is 146 Å². The third-order valence-corrected chi connectivity index (χ3v) is 11.9. The summed E-state index contributed by atoms with van der Waals surface area (Å²) in [6, 6.07) is 80.4. The molecular formula is C55H37N5. The molecule has 12 rings (SSSR count). The molecule has 0 bridgehead atoms. The highest BCUT2D eigenvalue weighted by molar-refractivity contribution is 6.10. The molecule has 0 amide bonds. The summed E-state index contributed by atoms with van der Waals surface area (Å²) in [6.45, 7) is 0. The van der Waals surface area contributed by atoms with E-state index in [4.69, 9.17) is 4.98 Å². The molecule has 60 heavy (non-hydrogen) atoms. The summed E-state index contributed by atoms with van der Waals surface area (Å²) in [5, 5.41) is 2.46. The highest BCUT2D eigenvalue weighted by Gasteiger charge is 2.23. The molecule has 0 radical (unpaired) electrons. The predicted octanol–water partition coefficient (Wildman–Crippen LogP) is 14.3. The van der Waals surface area contributed by atoms with Crippen molar-refractivity contribution in [2.45, 2.75) is 0 Å². The zero-order chi connectivity index (χ0) is 39.6.